The summed E-state index contributed by atoms with van der Waals surface area (Å²) in [6.45, 7) is 1.77. The topological polar surface area (TPSA) is 119 Å². The molecule has 1 aromatic carbocycles. The van der Waals surface area contributed by atoms with Crippen LogP contribution in [-0.4, -0.2) is 55.8 Å². The quantitative estimate of drug-likeness (QED) is 0.362. The fraction of sp³-hybridized carbons (Fsp3) is 0.273. The summed E-state index contributed by atoms with van der Waals surface area (Å²) >= 11 is 0.786. The number of carbonyl (C=O) groups is 1. The molecule has 1 unspecified atom stereocenters. The molecule has 0 aliphatic heterocycles. The van der Waals surface area contributed by atoms with Gasteiger partial charge in [0, 0.05) is 41.2 Å². The van der Waals surface area contributed by atoms with Gasteiger partial charge in [0.25, 0.3) is 5.69 Å². The number of fused-ring (bicyclic) bond motifs is 1. The van der Waals surface area contributed by atoms with Gasteiger partial charge in [-0.2, -0.15) is 14.0 Å². The number of carbonyl (C=O) groups excluding carboxylic acids is 1. The van der Waals surface area contributed by atoms with Gasteiger partial charge in [-0.15, -0.1) is 0 Å². The van der Waals surface area contributed by atoms with Crippen molar-refractivity contribution in [3.63, 3.8) is 0 Å². The van der Waals surface area contributed by atoms with Crippen LogP contribution in [-0.2, 0) is 9.53 Å². The van der Waals surface area contributed by atoms with Gasteiger partial charge >= 0.3 is 5.97 Å². The third-order valence-corrected chi connectivity index (χ3v) is 3.11. The van der Waals surface area contributed by atoms with Crippen molar-refractivity contribution in [1.82, 2.24) is 8.75 Å². The predicted molar refractivity (Wildman–Crippen MR) is 74.8 cm³/mol. The Morgan fingerprint density at radius 2 is 2.19 bits per heavy atom. The summed E-state index contributed by atoms with van der Waals surface area (Å²) in [4.78, 5) is 22.0. The Morgan fingerprint density at radius 3 is 2.76 bits per heavy atom. The van der Waals surface area contributed by atoms with Crippen LogP contribution in [0.25, 0.3) is 11.0 Å². The number of aromatic nitrogens is 2. The second kappa shape index (κ2) is 7.42. The van der Waals surface area contributed by atoms with Crippen LogP contribution in [0.15, 0.2) is 12.1 Å². The summed E-state index contributed by atoms with van der Waals surface area (Å²) in [6.07, 6.45) is 0. The maximum absolute atomic E-state index is 11.7. The van der Waals surface area contributed by atoms with Crippen molar-refractivity contribution in [3.05, 3.63) is 27.8 Å². The molecule has 10 heteroatoms. The standard InChI is InChI=1S/C11H8N4O4S.Na/c1-2-19-11(16)7(5-12)6-3-4-8(15(17)18)10-9(6)13-20-14-10;/h3-4,7H,2H2,1H3;. The predicted octanol–water partition coefficient (Wildman–Crippen LogP) is 1.39. The summed E-state index contributed by atoms with van der Waals surface area (Å²) in [7, 11) is 0. The minimum atomic E-state index is -1.18. The van der Waals surface area contributed by atoms with E-state index in [0.717, 1.165) is 11.7 Å². The van der Waals surface area contributed by atoms with E-state index in [-0.39, 0.29) is 58.4 Å². The van der Waals surface area contributed by atoms with Crippen molar-refractivity contribution >= 4 is 64.0 Å². The molecule has 2 rings (SSSR count). The molecule has 0 bridgehead atoms. The molecule has 0 N–H and O–H groups in total. The third-order valence-electron chi connectivity index (χ3n) is 2.58. The Morgan fingerprint density at radius 1 is 1.52 bits per heavy atom. The van der Waals surface area contributed by atoms with Crippen LogP contribution < -0.4 is 0 Å². The first-order chi connectivity index (χ1) is 9.60. The van der Waals surface area contributed by atoms with E-state index in [1.807, 2.05) is 6.07 Å². The van der Waals surface area contributed by atoms with Crippen LogP contribution in [0.4, 0.5) is 5.69 Å². The molecule has 1 atom stereocenters. The molecular weight excluding hydrogens is 307 g/mol. The number of rotatable bonds is 4. The molecule has 0 amide bonds. The van der Waals surface area contributed by atoms with Gasteiger partial charge in [-0.1, -0.05) is 0 Å². The molecule has 0 saturated heterocycles. The van der Waals surface area contributed by atoms with Gasteiger partial charge in [0.2, 0.25) is 0 Å². The zero-order valence-corrected chi connectivity index (χ0v) is 14.1. The van der Waals surface area contributed by atoms with E-state index in [1.165, 1.54) is 12.1 Å². The number of nitro groups is 1. The average molecular weight is 315 g/mol. The van der Waals surface area contributed by atoms with Gasteiger partial charge in [-0.05, 0) is 13.0 Å². The van der Waals surface area contributed by atoms with Crippen molar-refractivity contribution in [2.75, 3.05) is 6.61 Å². The van der Waals surface area contributed by atoms with Crippen LogP contribution in [0.5, 0.6) is 0 Å². The summed E-state index contributed by atoms with van der Waals surface area (Å²) < 4.78 is 12.6. The zero-order chi connectivity index (χ0) is 14.7. The largest absolute Gasteiger partial charge is 0.465 e. The van der Waals surface area contributed by atoms with E-state index in [9.17, 15) is 14.9 Å². The van der Waals surface area contributed by atoms with Crippen molar-refractivity contribution in [2.24, 2.45) is 0 Å². The second-order valence-corrected chi connectivity index (χ2v) is 4.24. The molecule has 1 aromatic heterocycles. The fourth-order valence-electron chi connectivity index (χ4n) is 1.73. The van der Waals surface area contributed by atoms with Gasteiger partial charge in [0.1, 0.15) is 5.52 Å². The summed E-state index contributed by atoms with van der Waals surface area (Å²) in [5, 5.41) is 20.0. The normalized spacial score (nSPS) is 11.2. The SMILES string of the molecule is CCOC(=O)C(C#N)c1ccc([N+](=O)[O-])c2nsnc12.[Na]. The molecule has 0 saturated carbocycles. The molecule has 1 heterocycles. The van der Waals surface area contributed by atoms with Gasteiger partial charge in [0.05, 0.1) is 29.3 Å². The Labute approximate surface area is 145 Å². The van der Waals surface area contributed by atoms with Gasteiger partial charge in [-0.3, -0.25) is 14.9 Å². The smallest absolute Gasteiger partial charge is 0.327 e. The number of non-ortho nitro benzene ring substituents is 1. The number of esters is 1. The summed E-state index contributed by atoms with van der Waals surface area (Å²) in [5.74, 6) is -1.89. The number of nitro benzene ring substituents is 1. The molecule has 103 valence electrons. The number of nitrogens with zero attached hydrogens (tertiary/aromatic N) is 4. The van der Waals surface area contributed by atoms with Crippen LogP contribution >= 0.6 is 11.7 Å². The summed E-state index contributed by atoms with van der Waals surface area (Å²) in [5.41, 5.74) is 0.309. The Hall–Kier alpha value is -1.60. The van der Waals surface area contributed by atoms with Crippen molar-refractivity contribution in [1.29, 1.82) is 5.26 Å². The van der Waals surface area contributed by atoms with E-state index < -0.39 is 16.8 Å². The Kier molecular flexibility index (Phi) is 6.17. The molecule has 2 aromatic rings. The van der Waals surface area contributed by atoms with E-state index in [4.69, 9.17) is 10.00 Å². The molecule has 1 radical (unpaired) electrons. The molecule has 0 aliphatic rings. The van der Waals surface area contributed by atoms with Crippen LogP contribution in [0.2, 0.25) is 0 Å². The minimum absolute atomic E-state index is 0. The van der Waals surface area contributed by atoms with Gasteiger partial charge in [0.15, 0.2) is 11.4 Å². The second-order valence-electron chi connectivity index (χ2n) is 3.71. The fourth-order valence-corrected chi connectivity index (χ4v) is 2.30. The first-order valence-electron chi connectivity index (χ1n) is 5.56. The van der Waals surface area contributed by atoms with E-state index >= 15 is 0 Å². The van der Waals surface area contributed by atoms with Crippen molar-refractivity contribution in [3.8, 4) is 6.07 Å². The van der Waals surface area contributed by atoms with E-state index in [0.29, 0.717) is 0 Å². The number of ether oxygens (including phenoxy) is 1. The number of benzene rings is 1. The van der Waals surface area contributed by atoms with Crippen molar-refractivity contribution < 1.29 is 14.5 Å². The molecule has 8 nitrogen and oxygen atoms in total. The van der Waals surface area contributed by atoms with Crippen LogP contribution in [0.3, 0.4) is 0 Å². The zero-order valence-electron chi connectivity index (χ0n) is 11.3. The molecule has 21 heavy (non-hydrogen) atoms. The summed E-state index contributed by atoms with van der Waals surface area (Å²) in [6, 6.07) is 4.38. The number of hydrogen-bond donors (Lipinski definition) is 0. The van der Waals surface area contributed by atoms with E-state index in [1.54, 1.807) is 6.92 Å². The monoisotopic (exact) mass is 315 g/mol. The number of nitriles is 1. The van der Waals surface area contributed by atoms with Crippen LogP contribution in [0.1, 0.15) is 18.4 Å². The Balaban J connectivity index is 0.00000220. The van der Waals surface area contributed by atoms with Crippen LogP contribution in [0, 0.1) is 21.4 Å². The molecule has 0 fully saturated rings. The molecule has 0 aliphatic carbocycles. The minimum Gasteiger partial charge on any atom is -0.465 e. The maximum atomic E-state index is 11.7. The molecule has 0 spiro atoms. The third kappa shape index (κ3) is 3.36. The first-order valence-corrected chi connectivity index (χ1v) is 6.29. The number of hydrogen-bond acceptors (Lipinski definition) is 8. The molecular formula is C11H8N4NaO4S. The maximum Gasteiger partial charge on any atom is 0.327 e. The van der Waals surface area contributed by atoms with Crippen molar-refractivity contribution in [2.45, 2.75) is 12.8 Å². The average Bonchev–Trinajstić information content (AvgIpc) is 2.88. The van der Waals surface area contributed by atoms with E-state index in [2.05, 4.69) is 8.75 Å². The Bertz CT molecular complexity index is 727. The van der Waals surface area contributed by atoms with Gasteiger partial charge < -0.3 is 4.74 Å². The first kappa shape index (κ1) is 17.5. The van der Waals surface area contributed by atoms with Gasteiger partial charge in [-0.25, -0.2) is 0 Å².